The van der Waals surface area contributed by atoms with E-state index in [0.717, 1.165) is 146 Å². The molecule has 0 saturated heterocycles. The number of rotatable bonds is 12. The molecule has 0 saturated carbocycles. The number of fused-ring (bicyclic) bond motifs is 12. The fourth-order valence-corrected chi connectivity index (χ4v) is 19.4. The average molecular weight is 1510 g/mol. The Hall–Kier alpha value is -14.5. The van der Waals surface area contributed by atoms with E-state index in [1.807, 2.05) is 72.9 Å². The minimum atomic E-state index is -1.52. The molecule has 0 fully saturated rings. The van der Waals surface area contributed by atoms with Crippen LogP contribution in [0.5, 0.6) is 0 Å². The zero-order valence-corrected chi connectivity index (χ0v) is 63.7. The van der Waals surface area contributed by atoms with E-state index in [0.29, 0.717) is 22.4 Å². The van der Waals surface area contributed by atoms with E-state index in [-0.39, 0.29) is 11.1 Å². The number of pyridine rings is 2. The maximum absolute atomic E-state index is 17.2. The number of nitriles is 2. The number of benzene rings is 14. The SMILES string of the molecule is Cc1cc(/C(C#N)=C(\C#N)c2ccc(N(c3ccc(-c4ccc5[n+](c4)B(F)n4c(c6cccc7cccc4c76)=N5)cc3)c3ccc(N4c5ccccc5Sc5ccccc54)cc3)c(C)c2)ccc1N(c1ccc(-c2ccc3[n+](c2)[B]n2c(c4cccc5cccc2c54)=N3)cc1)c1ccc(N2c3ccccc3Sc3ccccc32)cc1. The Kier molecular flexibility index (Phi) is 15.8. The predicted molar refractivity (Wildman–Crippen MR) is 465 cm³/mol. The van der Waals surface area contributed by atoms with Crippen molar-refractivity contribution in [3.8, 4) is 34.4 Å². The van der Waals surface area contributed by atoms with Crippen molar-refractivity contribution in [2.24, 2.45) is 9.98 Å². The normalized spacial score (nSPS) is 13.0. The molecular formula is C98H62B2FN12S2+2. The number of aryl methyl sites for hydroxylation is 2. The number of para-hydroxylation sites is 4. The zero-order valence-electron chi connectivity index (χ0n) is 62.0. The molecule has 14 aromatic carbocycles. The highest BCUT2D eigenvalue weighted by Crippen LogP contribution is 2.54. The Balaban J connectivity index is 0.609. The van der Waals surface area contributed by atoms with Crippen molar-refractivity contribution in [3.05, 3.63) is 373 Å². The largest absolute Gasteiger partial charge is 0.727 e. The van der Waals surface area contributed by atoms with Gasteiger partial charge in [0.2, 0.25) is 11.0 Å². The summed E-state index contributed by atoms with van der Waals surface area (Å²) in [5, 5.41) is 29.3. The molecule has 115 heavy (non-hydrogen) atoms. The molecule has 4 aliphatic rings. The van der Waals surface area contributed by atoms with E-state index in [9.17, 15) is 10.5 Å². The molecule has 0 atom stereocenters. The van der Waals surface area contributed by atoms with Crippen molar-refractivity contribution >= 4 is 173 Å². The van der Waals surface area contributed by atoms with Gasteiger partial charge in [0, 0.05) is 110 Å². The molecule has 0 bridgehead atoms. The summed E-state index contributed by atoms with van der Waals surface area (Å²) in [6.45, 7) is 4.12. The van der Waals surface area contributed by atoms with E-state index in [4.69, 9.17) is 9.98 Å². The third kappa shape index (κ3) is 11.0. The highest BCUT2D eigenvalue weighted by atomic mass is 32.2. The molecule has 0 unspecified atom stereocenters. The number of hydrogen-bond acceptors (Lipinski definition) is 10. The number of nitrogens with zero attached hydrogens (tertiary/aromatic N) is 12. The first kappa shape index (κ1) is 67.4. The second kappa shape index (κ2) is 26.9. The van der Waals surface area contributed by atoms with Crippen molar-refractivity contribution in [3.63, 3.8) is 0 Å². The van der Waals surface area contributed by atoms with E-state index >= 15 is 4.32 Å². The summed E-state index contributed by atoms with van der Waals surface area (Å²) >= 11 is 3.56. The molecule has 18 aromatic rings. The van der Waals surface area contributed by atoms with Gasteiger partial charge in [-0.15, -0.1) is 0 Å². The molecule has 4 aromatic heterocycles. The second-order valence-corrected chi connectivity index (χ2v) is 31.5. The van der Waals surface area contributed by atoms with Crippen LogP contribution in [-0.4, -0.2) is 23.8 Å². The second-order valence-electron chi connectivity index (χ2n) is 29.3. The molecule has 0 spiro atoms. The highest BCUT2D eigenvalue weighted by molar-refractivity contribution is 8.00. The van der Waals surface area contributed by atoms with Crippen LogP contribution in [0.4, 0.5) is 84.2 Å². The standard InChI is InChI=1S/C98H62B2FN12S2/c1-61-55-67(35-51-81(61)108(73-43-47-75(48-44-73)110-83-21-3-7-27-89(83)114-90-28-8-4-22-84(90)110)71-39-31-63(32-40-71)69-37-53-93-104-97-77-19-11-15-65-17-13-25-87(95(65)77)112(97)99-106(93)59-69)79(57-102)80(58-103)68-36-52-82(62(2)56-68)109(74-45-49-76(50-46-74)111-85-23-5-9-29-91(85)115-92-30-10-6-24-86(92)111)72-41-33-64(34-42-72)70-38-54-94-105-98-78-20-12-16-66-18-14-26-88(96(66)78)113(98)100(101)107(94)60-70/h3-56,59-60H,1-2H3/q+2/b80-79+. The van der Waals surface area contributed by atoms with Crippen molar-refractivity contribution in [2.75, 3.05) is 19.6 Å². The lowest BCUT2D eigenvalue weighted by Gasteiger charge is -2.33. The van der Waals surface area contributed by atoms with Crippen LogP contribution in [0.3, 0.4) is 0 Å². The molecule has 1 radical (unpaired) electrons. The van der Waals surface area contributed by atoms with E-state index in [1.165, 1.54) is 30.4 Å². The minimum Gasteiger partial charge on any atom is -0.310 e. The quantitative estimate of drug-likeness (QED) is 0.0677. The summed E-state index contributed by atoms with van der Waals surface area (Å²) < 4.78 is 24.8. The van der Waals surface area contributed by atoms with Crippen LogP contribution >= 0.6 is 23.5 Å². The zero-order chi connectivity index (χ0) is 76.7. The van der Waals surface area contributed by atoms with Gasteiger partial charge in [0.05, 0.1) is 57.1 Å². The van der Waals surface area contributed by atoms with E-state index in [2.05, 4.69) is 329 Å². The van der Waals surface area contributed by atoms with Gasteiger partial charge in [0.25, 0.3) is 0 Å². The summed E-state index contributed by atoms with van der Waals surface area (Å²) in [6, 6.07) is 119. The van der Waals surface area contributed by atoms with Crippen molar-refractivity contribution in [2.45, 2.75) is 33.4 Å². The fourth-order valence-electron chi connectivity index (χ4n) is 17.3. The first-order valence-corrected chi connectivity index (χ1v) is 39.8. The molecular weight excluding hydrogens is 1450 g/mol. The Morgan fingerprint density at radius 2 is 0.809 bits per heavy atom. The summed E-state index contributed by atoms with van der Waals surface area (Å²) in [6.07, 6.45) is 4.00. The topological polar surface area (TPSA) is 103 Å². The van der Waals surface area contributed by atoms with Crippen LogP contribution in [0.1, 0.15) is 22.3 Å². The Morgan fingerprint density at radius 1 is 0.409 bits per heavy atom. The first-order chi connectivity index (χ1) is 56.6. The monoisotopic (exact) mass is 1510 g/mol. The molecule has 8 heterocycles. The average Bonchev–Trinajstić information content (AvgIpc) is 1.60. The summed E-state index contributed by atoms with van der Waals surface area (Å²) in [7, 11) is 0.613. The number of halogens is 1. The molecule has 0 N–H and O–H groups in total. The number of allylic oxidation sites excluding steroid dienone is 2. The highest BCUT2D eigenvalue weighted by Gasteiger charge is 2.41. The van der Waals surface area contributed by atoms with Crippen LogP contribution < -0.4 is 39.5 Å². The van der Waals surface area contributed by atoms with E-state index < -0.39 is 7.26 Å². The molecule has 0 amide bonds. The third-order valence-electron chi connectivity index (χ3n) is 22.7. The van der Waals surface area contributed by atoms with Gasteiger partial charge in [-0.2, -0.15) is 10.5 Å². The number of aromatic nitrogens is 4. The van der Waals surface area contributed by atoms with Crippen molar-refractivity contribution < 1.29 is 13.3 Å². The fraction of sp³-hybridized carbons (Fsp3) is 0.0204. The van der Waals surface area contributed by atoms with Gasteiger partial charge in [0.15, 0.2) is 0 Å². The number of hydrogen-bond donors (Lipinski definition) is 0. The minimum absolute atomic E-state index is 0.256. The van der Waals surface area contributed by atoms with Crippen molar-refractivity contribution in [1.82, 2.24) is 8.96 Å². The van der Waals surface area contributed by atoms with Crippen LogP contribution in [0.25, 0.3) is 76.8 Å². The smallest absolute Gasteiger partial charge is 0.310 e. The van der Waals surface area contributed by atoms with Gasteiger partial charge < -0.3 is 24.1 Å². The maximum Gasteiger partial charge on any atom is 0.727 e. The summed E-state index contributed by atoms with van der Waals surface area (Å²) in [5.41, 5.74) is 22.7. The van der Waals surface area contributed by atoms with Gasteiger partial charge >= 0.3 is 26.4 Å². The summed E-state index contributed by atoms with van der Waals surface area (Å²) in [5.74, 6) is 1.38. The molecule has 4 aliphatic heterocycles. The van der Waals surface area contributed by atoms with Crippen LogP contribution in [0, 0.1) is 36.5 Å². The Labute approximate surface area is 671 Å². The Bertz CT molecular complexity index is 7270. The maximum atomic E-state index is 17.2. The molecule has 17 heteroatoms. The van der Waals surface area contributed by atoms with Gasteiger partial charge in [-0.05, 0) is 250 Å². The molecule has 12 nitrogen and oxygen atoms in total. The van der Waals surface area contributed by atoms with E-state index in [1.54, 1.807) is 32.5 Å². The van der Waals surface area contributed by atoms with Crippen LogP contribution in [-0.2, 0) is 0 Å². The molecule has 0 aliphatic carbocycles. The first-order valence-electron chi connectivity index (χ1n) is 38.1. The van der Waals surface area contributed by atoms with Crippen LogP contribution in [0.2, 0.25) is 0 Å². The van der Waals surface area contributed by atoms with Crippen molar-refractivity contribution in [1.29, 1.82) is 10.5 Å². The van der Waals surface area contributed by atoms with Gasteiger partial charge in [-0.3, -0.25) is 13.3 Å². The molecule has 537 valence electrons. The Morgan fingerprint density at radius 3 is 1.28 bits per heavy atom. The third-order valence-corrected chi connectivity index (χ3v) is 25.0. The lowest BCUT2D eigenvalue weighted by molar-refractivity contribution is -0.535. The van der Waals surface area contributed by atoms with Gasteiger partial charge in [-0.1, -0.05) is 157 Å². The summed E-state index contributed by atoms with van der Waals surface area (Å²) in [4.78, 5) is 24.1. The van der Waals surface area contributed by atoms with Gasteiger partial charge in [-0.25, -0.2) is 4.48 Å². The number of anilines is 12. The van der Waals surface area contributed by atoms with Gasteiger partial charge in [0.1, 0.15) is 12.1 Å². The molecule has 22 rings (SSSR count). The lowest BCUT2D eigenvalue weighted by Crippen LogP contribution is -2.58. The van der Waals surface area contributed by atoms with Crippen LogP contribution in [0.15, 0.2) is 370 Å². The predicted octanol–water partition coefficient (Wildman–Crippen LogP) is 23.4. The lowest BCUT2D eigenvalue weighted by atomic mass is 9.93.